The second-order valence-electron chi connectivity index (χ2n) is 3.25. The highest BCUT2D eigenvalue weighted by molar-refractivity contribution is 5.20. The lowest BCUT2D eigenvalue weighted by molar-refractivity contribution is 0.674. The lowest BCUT2D eigenvalue weighted by Crippen LogP contribution is -2.16. The third kappa shape index (κ3) is 2.00. The number of nitrogens with one attached hydrogen (secondary N) is 1. The molecular formula is C11H17N. The number of hydrogen-bond acceptors (Lipinski definition) is 1. The van der Waals surface area contributed by atoms with Crippen molar-refractivity contribution >= 4 is 0 Å². The van der Waals surface area contributed by atoms with Gasteiger partial charge in [0, 0.05) is 18.7 Å². The summed E-state index contributed by atoms with van der Waals surface area (Å²) in [5, 5.41) is 3.24. The van der Waals surface area contributed by atoms with Gasteiger partial charge in [-0.15, -0.1) is 0 Å². The van der Waals surface area contributed by atoms with Crippen LogP contribution in [0.4, 0.5) is 0 Å². The summed E-state index contributed by atoms with van der Waals surface area (Å²) in [5.41, 5.74) is 2.55. The van der Waals surface area contributed by atoms with Gasteiger partial charge in [-0.3, -0.25) is 0 Å². The third-order valence-corrected chi connectivity index (χ3v) is 2.27. The van der Waals surface area contributed by atoms with E-state index in [1.807, 2.05) is 7.05 Å². The fourth-order valence-corrected chi connectivity index (χ4v) is 1.54. The Balaban J connectivity index is 2.79. The van der Waals surface area contributed by atoms with Crippen LogP contribution in [0, 0.1) is 5.92 Å². The van der Waals surface area contributed by atoms with Crippen molar-refractivity contribution in [2.45, 2.75) is 19.8 Å². The molecule has 1 atom stereocenters. The van der Waals surface area contributed by atoms with Crippen molar-refractivity contribution in [1.29, 1.82) is 0 Å². The second-order valence-corrected chi connectivity index (χ2v) is 3.25. The van der Waals surface area contributed by atoms with Gasteiger partial charge in [-0.2, -0.15) is 0 Å². The molecule has 0 fully saturated rings. The molecule has 0 aliphatic heterocycles. The normalized spacial score (nSPS) is 22.8. The topological polar surface area (TPSA) is 12.0 Å². The maximum atomic E-state index is 4.00. The Hall–Kier alpha value is -0.980. The minimum absolute atomic E-state index is 0.494. The zero-order valence-corrected chi connectivity index (χ0v) is 7.93. The van der Waals surface area contributed by atoms with Gasteiger partial charge < -0.3 is 5.32 Å². The highest BCUT2D eigenvalue weighted by atomic mass is 14.8. The minimum atomic E-state index is 0.494. The van der Waals surface area contributed by atoms with E-state index in [1.165, 1.54) is 11.3 Å². The SMILES string of the molecule is C=C(C)C1CC=CCC=C1NC. The standard InChI is InChI=1S/C11H17N/c1-9(2)10-7-5-4-6-8-11(10)12-3/h4-5,8,10,12H,1,6-7H2,2-3H3. The Morgan fingerprint density at radius 2 is 2.33 bits per heavy atom. The molecule has 1 N–H and O–H groups in total. The molecule has 0 amide bonds. The van der Waals surface area contributed by atoms with E-state index < -0.39 is 0 Å². The summed E-state index contributed by atoms with van der Waals surface area (Å²) < 4.78 is 0. The minimum Gasteiger partial charge on any atom is -0.391 e. The maximum Gasteiger partial charge on any atom is 0.0222 e. The Morgan fingerprint density at radius 1 is 1.58 bits per heavy atom. The molecule has 1 rings (SSSR count). The van der Waals surface area contributed by atoms with Crippen molar-refractivity contribution in [3.05, 3.63) is 36.1 Å². The summed E-state index contributed by atoms with van der Waals surface area (Å²) in [6.07, 6.45) is 8.81. The van der Waals surface area contributed by atoms with Crippen LogP contribution in [0.5, 0.6) is 0 Å². The summed E-state index contributed by atoms with van der Waals surface area (Å²) in [4.78, 5) is 0. The molecule has 0 aromatic rings. The van der Waals surface area contributed by atoms with Crippen LogP contribution in [-0.2, 0) is 0 Å². The van der Waals surface area contributed by atoms with Crippen molar-refractivity contribution in [2.75, 3.05) is 7.05 Å². The van der Waals surface area contributed by atoms with Crippen LogP contribution in [-0.4, -0.2) is 7.05 Å². The van der Waals surface area contributed by atoms with Gasteiger partial charge in [0.2, 0.25) is 0 Å². The second kappa shape index (κ2) is 4.15. The van der Waals surface area contributed by atoms with E-state index in [1.54, 1.807) is 0 Å². The summed E-state index contributed by atoms with van der Waals surface area (Å²) in [6.45, 7) is 6.10. The summed E-state index contributed by atoms with van der Waals surface area (Å²) in [7, 11) is 1.98. The van der Waals surface area contributed by atoms with Crippen LogP contribution in [0.25, 0.3) is 0 Å². The van der Waals surface area contributed by atoms with E-state index in [4.69, 9.17) is 0 Å². The molecule has 1 nitrogen and oxygen atoms in total. The van der Waals surface area contributed by atoms with Crippen molar-refractivity contribution in [2.24, 2.45) is 5.92 Å². The smallest absolute Gasteiger partial charge is 0.0222 e. The van der Waals surface area contributed by atoms with Crippen LogP contribution in [0.1, 0.15) is 19.8 Å². The van der Waals surface area contributed by atoms with Crippen molar-refractivity contribution in [1.82, 2.24) is 5.32 Å². The Kier molecular flexibility index (Phi) is 3.15. The molecule has 1 heteroatoms. The monoisotopic (exact) mass is 163 g/mol. The van der Waals surface area contributed by atoms with Crippen molar-refractivity contribution in [3.8, 4) is 0 Å². The van der Waals surface area contributed by atoms with Gasteiger partial charge in [-0.05, 0) is 19.8 Å². The van der Waals surface area contributed by atoms with Crippen molar-refractivity contribution in [3.63, 3.8) is 0 Å². The largest absolute Gasteiger partial charge is 0.391 e. The lowest BCUT2D eigenvalue weighted by Gasteiger charge is -2.17. The summed E-state index contributed by atoms with van der Waals surface area (Å²) in [6, 6.07) is 0. The Morgan fingerprint density at radius 3 is 2.92 bits per heavy atom. The average molecular weight is 163 g/mol. The molecule has 1 aliphatic carbocycles. The number of rotatable bonds is 2. The van der Waals surface area contributed by atoms with E-state index in [9.17, 15) is 0 Å². The van der Waals surface area contributed by atoms with Gasteiger partial charge >= 0.3 is 0 Å². The lowest BCUT2D eigenvalue weighted by atomic mass is 9.95. The first kappa shape index (κ1) is 9.11. The van der Waals surface area contributed by atoms with E-state index in [2.05, 4.69) is 37.0 Å². The first-order valence-corrected chi connectivity index (χ1v) is 4.44. The third-order valence-electron chi connectivity index (χ3n) is 2.27. The number of allylic oxidation sites excluding steroid dienone is 4. The van der Waals surface area contributed by atoms with E-state index in [0.29, 0.717) is 5.92 Å². The molecule has 66 valence electrons. The predicted molar refractivity (Wildman–Crippen MR) is 53.8 cm³/mol. The first-order valence-electron chi connectivity index (χ1n) is 4.44. The van der Waals surface area contributed by atoms with Crippen LogP contribution in [0.3, 0.4) is 0 Å². The molecule has 1 unspecified atom stereocenters. The van der Waals surface area contributed by atoms with E-state index >= 15 is 0 Å². The molecule has 1 aliphatic rings. The van der Waals surface area contributed by atoms with Gasteiger partial charge in [0.1, 0.15) is 0 Å². The fourth-order valence-electron chi connectivity index (χ4n) is 1.54. The Bertz CT molecular complexity index is 223. The highest BCUT2D eigenvalue weighted by Gasteiger charge is 2.13. The van der Waals surface area contributed by atoms with Crippen LogP contribution in [0.15, 0.2) is 36.1 Å². The highest BCUT2D eigenvalue weighted by Crippen LogP contribution is 2.23. The molecule has 0 radical (unpaired) electrons. The first-order chi connectivity index (χ1) is 5.75. The maximum absolute atomic E-state index is 4.00. The molecule has 0 aromatic heterocycles. The molecule has 0 bridgehead atoms. The van der Waals surface area contributed by atoms with Gasteiger partial charge in [0.05, 0.1) is 0 Å². The molecule has 0 saturated heterocycles. The van der Waals surface area contributed by atoms with Gasteiger partial charge in [-0.1, -0.05) is 30.4 Å². The molecule has 12 heavy (non-hydrogen) atoms. The summed E-state index contributed by atoms with van der Waals surface area (Å²) >= 11 is 0. The quantitative estimate of drug-likeness (QED) is 0.617. The zero-order valence-electron chi connectivity index (χ0n) is 7.93. The van der Waals surface area contributed by atoms with Crippen LogP contribution >= 0.6 is 0 Å². The fraction of sp³-hybridized carbons (Fsp3) is 0.455. The Labute approximate surface area is 74.9 Å². The van der Waals surface area contributed by atoms with Crippen molar-refractivity contribution < 1.29 is 0 Å². The van der Waals surface area contributed by atoms with E-state index in [0.717, 1.165) is 12.8 Å². The molecule has 0 aromatic carbocycles. The van der Waals surface area contributed by atoms with Gasteiger partial charge in [0.25, 0.3) is 0 Å². The average Bonchev–Trinajstić information content (AvgIpc) is 2.27. The zero-order chi connectivity index (χ0) is 8.97. The molecule has 0 spiro atoms. The molecule has 0 saturated carbocycles. The summed E-state index contributed by atoms with van der Waals surface area (Å²) in [5.74, 6) is 0.494. The van der Waals surface area contributed by atoms with E-state index in [-0.39, 0.29) is 0 Å². The van der Waals surface area contributed by atoms with Crippen LogP contribution in [0.2, 0.25) is 0 Å². The predicted octanol–water partition coefficient (Wildman–Crippen LogP) is 2.63. The molecule has 0 heterocycles. The number of hydrogen-bond donors (Lipinski definition) is 1. The molecular weight excluding hydrogens is 146 g/mol. The van der Waals surface area contributed by atoms with Gasteiger partial charge in [0.15, 0.2) is 0 Å². The van der Waals surface area contributed by atoms with Crippen LogP contribution < -0.4 is 5.32 Å². The van der Waals surface area contributed by atoms with Gasteiger partial charge in [-0.25, -0.2) is 0 Å².